The maximum absolute atomic E-state index is 4.19. The molecule has 0 saturated carbocycles. The highest BCUT2D eigenvalue weighted by molar-refractivity contribution is 8.77. The number of hydrogen-bond acceptors (Lipinski definition) is 2. The predicted octanol–water partition coefficient (Wildman–Crippen LogP) is 5.30. The van der Waals surface area contributed by atoms with Crippen LogP contribution in [0.25, 0.3) is 0 Å². The van der Waals surface area contributed by atoms with E-state index in [-0.39, 0.29) is 0 Å². The predicted molar refractivity (Wildman–Crippen MR) is 75.5 cm³/mol. The van der Waals surface area contributed by atoms with E-state index in [1.165, 1.54) is 43.4 Å². The van der Waals surface area contributed by atoms with Gasteiger partial charge in [-0.2, -0.15) is 0 Å². The highest BCUT2D eigenvalue weighted by Gasteiger charge is 2.17. The van der Waals surface area contributed by atoms with Gasteiger partial charge in [0, 0.05) is 11.0 Å². The topological polar surface area (TPSA) is 0 Å². The molecule has 0 nitrogen and oxygen atoms in total. The molecule has 0 radical (unpaired) electrons. The maximum Gasteiger partial charge on any atom is 0.0159 e. The molecule has 1 atom stereocenters. The molecule has 1 aliphatic heterocycles. The molecule has 1 fully saturated rings. The van der Waals surface area contributed by atoms with Gasteiger partial charge in [-0.05, 0) is 31.1 Å². The van der Waals surface area contributed by atoms with Crippen LogP contribution >= 0.6 is 21.6 Å². The van der Waals surface area contributed by atoms with Crippen LogP contribution in [0.4, 0.5) is 0 Å². The van der Waals surface area contributed by atoms with E-state index in [2.05, 4.69) is 38.1 Å². The quantitative estimate of drug-likeness (QED) is 0.365. The normalized spacial score (nSPS) is 21.9. The van der Waals surface area contributed by atoms with Crippen molar-refractivity contribution in [1.29, 1.82) is 0 Å². The van der Waals surface area contributed by atoms with Gasteiger partial charge in [-0.3, -0.25) is 0 Å². The minimum absolute atomic E-state index is 0.304. The maximum atomic E-state index is 4.19. The summed E-state index contributed by atoms with van der Waals surface area (Å²) in [5, 5.41) is 0.943. The van der Waals surface area contributed by atoms with Crippen molar-refractivity contribution >= 4 is 21.6 Å². The first kappa shape index (κ1) is 13.5. The Bertz CT molecular complexity index is 197. The molecule has 15 heavy (non-hydrogen) atoms. The third-order valence-electron chi connectivity index (χ3n) is 3.04. The summed E-state index contributed by atoms with van der Waals surface area (Å²) in [6, 6.07) is 0. The second-order valence-corrected chi connectivity index (χ2v) is 8.22. The third-order valence-corrected chi connectivity index (χ3v) is 6.05. The third kappa shape index (κ3) is 5.35. The summed E-state index contributed by atoms with van der Waals surface area (Å²) in [5.74, 6) is 1.37. The highest BCUT2D eigenvalue weighted by atomic mass is 33.1. The van der Waals surface area contributed by atoms with Crippen LogP contribution in [0.2, 0.25) is 0 Å². The number of unbranched alkanes of at least 4 members (excludes halogenated alkanes) is 1. The van der Waals surface area contributed by atoms with Crippen molar-refractivity contribution in [3.05, 3.63) is 12.2 Å². The lowest BCUT2D eigenvalue weighted by Gasteiger charge is -2.21. The van der Waals surface area contributed by atoms with Gasteiger partial charge in [0.2, 0.25) is 0 Å². The molecule has 0 spiro atoms. The lowest BCUT2D eigenvalue weighted by Crippen LogP contribution is -2.08. The van der Waals surface area contributed by atoms with E-state index in [9.17, 15) is 0 Å². The average molecular weight is 244 g/mol. The highest BCUT2D eigenvalue weighted by Crippen LogP contribution is 2.40. The summed E-state index contributed by atoms with van der Waals surface area (Å²) in [7, 11) is 4.15. The molecule has 1 heterocycles. The number of allylic oxidation sites excluding steroid dienone is 1. The number of hydrogen-bond donors (Lipinski definition) is 0. The second-order valence-electron chi connectivity index (χ2n) is 5.43. The summed E-state index contributed by atoms with van der Waals surface area (Å²) in [6.07, 6.45) is 6.77. The standard InChI is InChI=1S/C13H24S2/c1-11(13(2,3)4)7-5-6-8-12-9-10-14-15-12/h12H,1,5-10H2,2-4H3. The average Bonchev–Trinajstić information content (AvgIpc) is 2.63. The zero-order valence-corrected chi connectivity index (χ0v) is 12.0. The van der Waals surface area contributed by atoms with Crippen molar-refractivity contribution in [3.8, 4) is 0 Å². The molecule has 1 saturated heterocycles. The Morgan fingerprint density at radius 1 is 1.33 bits per heavy atom. The van der Waals surface area contributed by atoms with Crippen LogP contribution in [0.5, 0.6) is 0 Å². The van der Waals surface area contributed by atoms with Gasteiger partial charge in [0.25, 0.3) is 0 Å². The van der Waals surface area contributed by atoms with Gasteiger partial charge in [-0.15, -0.1) is 0 Å². The van der Waals surface area contributed by atoms with Crippen LogP contribution in [0.15, 0.2) is 12.2 Å². The monoisotopic (exact) mass is 244 g/mol. The molecule has 1 unspecified atom stereocenters. The lowest BCUT2D eigenvalue weighted by atomic mass is 9.84. The van der Waals surface area contributed by atoms with Crippen LogP contribution in [0.3, 0.4) is 0 Å². The van der Waals surface area contributed by atoms with Gasteiger partial charge in [-0.25, -0.2) is 0 Å². The lowest BCUT2D eigenvalue weighted by molar-refractivity contribution is 0.473. The molecule has 0 aromatic carbocycles. The van der Waals surface area contributed by atoms with Gasteiger partial charge in [0.15, 0.2) is 0 Å². The van der Waals surface area contributed by atoms with Gasteiger partial charge in [-0.1, -0.05) is 60.9 Å². The van der Waals surface area contributed by atoms with Crippen LogP contribution in [-0.4, -0.2) is 11.0 Å². The largest absolute Gasteiger partial charge is 0.0993 e. The van der Waals surface area contributed by atoms with Crippen LogP contribution < -0.4 is 0 Å². The van der Waals surface area contributed by atoms with Crippen molar-refractivity contribution in [2.24, 2.45) is 5.41 Å². The molecule has 0 bridgehead atoms. The zero-order chi connectivity index (χ0) is 11.3. The van der Waals surface area contributed by atoms with E-state index in [0.717, 1.165) is 5.25 Å². The molecule has 0 aromatic heterocycles. The van der Waals surface area contributed by atoms with Gasteiger partial charge in [0.05, 0.1) is 0 Å². The Balaban J connectivity index is 2.03. The van der Waals surface area contributed by atoms with Gasteiger partial charge >= 0.3 is 0 Å². The minimum Gasteiger partial charge on any atom is -0.0993 e. The minimum atomic E-state index is 0.304. The smallest absolute Gasteiger partial charge is 0.0159 e. The van der Waals surface area contributed by atoms with Gasteiger partial charge < -0.3 is 0 Å². The molecule has 0 N–H and O–H groups in total. The van der Waals surface area contributed by atoms with E-state index < -0.39 is 0 Å². The molecule has 1 aliphatic rings. The van der Waals surface area contributed by atoms with E-state index in [1.807, 2.05) is 10.8 Å². The van der Waals surface area contributed by atoms with Crippen molar-refractivity contribution in [3.63, 3.8) is 0 Å². The summed E-state index contributed by atoms with van der Waals surface area (Å²) in [4.78, 5) is 0. The number of rotatable bonds is 5. The molecule has 0 aromatic rings. The molecular formula is C13H24S2. The molecule has 0 aliphatic carbocycles. The van der Waals surface area contributed by atoms with E-state index in [1.54, 1.807) is 0 Å². The molecular weight excluding hydrogens is 220 g/mol. The van der Waals surface area contributed by atoms with Crippen LogP contribution in [0.1, 0.15) is 52.9 Å². The van der Waals surface area contributed by atoms with Crippen LogP contribution in [0, 0.1) is 5.41 Å². The van der Waals surface area contributed by atoms with Crippen molar-refractivity contribution < 1.29 is 0 Å². The molecule has 2 heteroatoms. The Morgan fingerprint density at radius 2 is 2.07 bits per heavy atom. The first-order chi connectivity index (χ1) is 7.00. The first-order valence-corrected chi connectivity index (χ1v) is 8.35. The Morgan fingerprint density at radius 3 is 2.60 bits per heavy atom. The SMILES string of the molecule is C=C(CCCCC1CCSS1)C(C)(C)C. The fourth-order valence-corrected chi connectivity index (χ4v) is 4.68. The van der Waals surface area contributed by atoms with Crippen molar-refractivity contribution in [2.45, 2.75) is 58.1 Å². The zero-order valence-electron chi connectivity index (χ0n) is 10.3. The summed E-state index contributed by atoms with van der Waals surface area (Å²) in [5.41, 5.74) is 1.72. The van der Waals surface area contributed by atoms with E-state index in [4.69, 9.17) is 0 Å². The van der Waals surface area contributed by atoms with Crippen LogP contribution in [-0.2, 0) is 0 Å². The Kier molecular flexibility index (Phi) is 5.62. The molecule has 88 valence electrons. The first-order valence-electron chi connectivity index (χ1n) is 5.96. The Hall–Kier alpha value is 0.440. The Labute approximate surface area is 103 Å². The fraction of sp³-hybridized carbons (Fsp3) is 0.846. The molecule has 1 rings (SSSR count). The molecule has 0 amide bonds. The second kappa shape index (κ2) is 6.24. The summed E-state index contributed by atoms with van der Waals surface area (Å²) >= 11 is 0. The van der Waals surface area contributed by atoms with Crippen molar-refractivity contribution in [2.75, 3.05) is 5.75 Å². The summed E-state index contributed by atoms with van der Waals surface area (Å²) < 4.78 is 0. The van der Waals surface area contributed by atoms with E-state index in [0.29, 0.717) is 5.41 Å². The summed E-state index contributed by atoms with van der Waals surface area (Å²) in [6.45, 7) is 11.0. The van der Waals surface area contributed by atoms with Gasteiger partial charge in [0.1, 0.15) is 0 Å². The van der Waals surface area contributed by atoms with Crippen molar-refractivity contribution in [1.82, 2.24) is 0 Å². The van der Waals surface area contributed by atoms with E-state index >= 15 is 0 Å². The fourth-order valence-electron chi connectivity index (χ4n) is 1.65.